The van der Waals surface area contributed by atoms with Crippen LogP contribution in [-0.2, 0) is 9.53 Å². The van der Waals surface area contributed by atoms with Gasteiger partial charge < -0.3 is 20.5 Å². The van der Waals surface area contributed by atoms with Crippen molar-refractivity contribution in [3.8, 4) is 5.75 Å². The van der Waals surface area contributed by atoms with Crippen LogP contribution in [0.4, 0.5) is 0 Å². The molecule has 6 heteroatoms. The second kappa shape index (κ2) is 10.4. The van der Waals surface area contributed by atoms with Gasteiger partial charge in [-0.05, 0) is 26.0 Å². The lowest BCUT2D eigenvalue weighted by atomic mass is 10.2. The molecular formula is C15H25ClN2O3. The van der Waals surface area contributed by atoms with E-state index in [2.05, 4.69) is 5.32 Å². The van der Waals surface area contributed by atoms with Crippen LogP contribution in [0.2, 0.25) is 0 Å². The van der Waals surface area contributed by atoms with Gasteiger partial charge in [-0.1, -0.05) is 17.7 Å². The maximum absolute atomic E-state index is 11.7. The van der Waals surface area contributed by atoms with Crippen molar-refractivity contribution in [1.29, 1.82) is 0 Å². The number of carbonyl (C=O) groups excluding carboxylic acids is 1. The highest BCUT2D eigenvalue weighted by Crippen LogP contribution is 2.12. The van der Waals surface area contributed by atoms with Gasteiger partial charge in [0, 0.05) is 13.7 Å². The van der Waals surface area contributed by atoms with Crippen LogP contribution in [0.25, 0.3) is 0 Å². The molecule has 1 aromatic carbocycles. The Labute approximate surface area is 132 Å². The zero-order chi connectivity index (χ0) is 15.0. The Kier molecular flexibility index (Phi) is 9.78. The minimum absolute atomic E-state index is 0. The monoisotopic (exact) mass is 316 g/mol. The topological polar surface area (TPSA) is 73.6 Å². The van der Waals surface area contributed by atoms with Crippen LogP contribution in [0.1, 0.15) is 18.9 Å². The van der Waals surface area contributed by atoms with E-state index < -0.39 is 0 Å². The van der Waals surface area contributed by atoms with Gasteiger partial charge in [-0.2, -0.15) is 0 Å². The van der Waals surface area contributed by atoms with Crippen LogP contribution in [-0.4, -0.2) is 38.3 Å². The largest absolute Gasteiger partial charge is 0.489 e. The molecule has 120 valence electrons. The van der Waals surface area contributed by atoms with Crippen molar-refractivity contribution in [3.63, 3.8) is 0 Å². The summed E-state index contributed by atoms with van der Waals surface area (Å²) in [6, 6.07) is 7.82. The van der Waals surface area contributed by atoms with Crippen LogP contribution in [0.3, 0.4) is 0 Å². The first-order valence-corrected chi connectivity index (χ1v) is 6.78. The predicted molar refractivity (Wildman–Crippen MR) is 86.0 cm³/mol. The zero-order valence-electron chi connectivity index (χ0n) is 12.8. The van der Waals surface area contributed by atoms with Crippen LogP contribution in [0.15, 0.2) is 24.3 Å². The van der Waals surface area contributed by atoms with Crippen LogP contribution in [0, 0.1) is 6.92 Å². The molecule has 0 aliphatic heterocycles. The van der Waals surface area contributed by atoms with Crippen LogP contribution < -0.4 is 15.8 Å². The number of ether oxygens (including phenoxy) is 2. The molecule has 0 aromatic heterocycles. The Hall–Kier alpha value is -1.30. The third-order valence-electron chi connectivity index (χ3n) is 2.95. The van der Waals surface area contributed by atoms with E-state index in [1.807, 2.05) is 38.1 Å². The van der Waals surface area contributed by atoms with Gasteiger partial charge in [0.05, 0.1) is 19.1 Å². The molecule has 0 heterocycles. The van der Waals surface area contributed by atoms with Crippen molar-refractivity contribution in [1.82, 2.24) is 5.32 Å². The Balaban J connectivity index is 0.00000400. The van der Waals surface area contributed by atoms with Gasteiger partial charge in [0.2, 0.25) is 5.91 Å². The molecule has 2 unspecified atom stereocenters. The highest BCUT2D eigenvalue weighted by Gasteiger charge is 2.12. The third kappa shape index (κ3) is 7.90. The number of nitrogens with two attached hydrogens (primary N) is 1. The molecule has 21 heavy (non-hydrogen) atoms. The minimum Gasteiger partial charge on any atom is -0.489 e. The van der Waals surface area contributed by atoms with E-state index in [0.717, 1.165) is 5.75 Å². The number of carbonyl (C=O) groups is 1. The number of nitrogens with one attached hydrogen (secondary N) is 1. The summed E-state index contributed by atoms with van der Waals surface area (Å²) >= 11 is 0. The summed E-state index contributed by atoms with van der Waals surface area (Å²) in [4.78, 5) is 11.7. The highest BCUT2D eigenvalue weighted by molar-refractivity contribution is 5.85. The third-order valence-corrected chi connectivity index (χ3v) is 2.95. The molecular weight excluding hydrogens is 292 g/mol. The smallest absolute Gasteiger partial charge is 0.222 e. The average Bonchev–Trinajstić information content (AvgIpc) is 2.45. The van der Waals surface area contributed by atoms with Gasteiger partial charge >= 0.3 is 0 Å². The molecule has 1 amide bonds. The van der Waals surface area contributed by atoms with E-state index in [0.29, 0.717) is 13.1 Å². The number of hydrogen-bond acceptors (Lipinski definition) is 4. The van der Waals surface area contributed by atoms with E-state index in [4.69, 9.17) is 15.2 Å². The molecule has 0 aliphatic carbocycles. The van der Waals surface area contributed by atoms with Crippen LogP contribution >= 0.6 is 12.4 Å². The van der Waals surface area contributed by atoms with E-state index in [9.17, 15) is 4.79 Å². The Morgan fingerprint density at radius 2 is 1.95 bits per heavy atom. The lowest BCUT2D eigenvalue weighted by molar-refractivity contribution is -0.123. The van der Waals surface area contributed by atoms with Crippen molar-refractivity contribution in [2.24, 2.45) is 5.73 Å². The minimum atomic E-state index is -0.233. The number of halogens is 1. The molecule has 2 atom stereocenters. The first-order chi connectivity index (χ1) is 9.55. The Morgan fingerprint density at radius 1 is 1.33 bits per heavy atom. The second-order valence-corrected chi connectivity index (χ2v) is 4.84. The first-order valence-electron chi connectivity index (χ1n) is 6.78. The SMILES string of the molecule is COC(CN)CC(=O)NCC(C)Oc1ccc(C)cc1.Cl. The fourth-order valence-corrected chi connectivity index (χ4v) is 1.69. The van der Waals surface area contributed by atoms with Gasteiger partial charge in [0.15, 0.2) is 0 Å². The summed E-state index contributed by atoms with van der Waals surface area (Å²) in [5.41, 5.74) is 6.66. The maximum atomic E-state index is 11.7. The number of rotatable bonds is 8. The van der Waals surface area contributed by atoms with Crippen molar-refractivity contribution < 1.29 is 14.3 Å². The molecule has 0 fully saturated rings. The number of hydrogen-bond donors (Lipinski definition) is 2. The van der Waals surface area contributed by atoms with Crippen molar-refractivity contribution in [3.05, 3.63) is 29.8 Å². The normalized spacial score (nSPS) is 13.0. The molecule has 0 saturated heterocycles. The number of amides is 1. The lowest BCUT2D eigenvalue weighted by Gasteiger charge is -2.17. The van der Waals surface area contributed by atoms with E-state index in [1.165, 1.54) is 5.56 Å². The van der Waals surface area contributed by atoms with E-state index in [-0.39, 0.29) is 36.9 Å². The van der Waals surface area contributed by atoms with Crippen molar-refractivity contribution in [2.75, 3.05) is 20.2 Å². The van der Waals surface area contributed by atoms with E-state index in [1.54, 1.807) is 7.11 Å². The fraction of sp³-hybridized carbons (Fsp3) is 0.533. The standard InChI is InChI=1S/C15H24N2O3.ClH/c1-11-4-6-13(7-5-11)20-12(2)10-17-15(18)8-14(9-16)19-3;/h4-7,12,14H,8-10,16H2,1-3H3,(H,17,18);1H. The summed E-state index contributed by atoms with van der Waals surface area (Å²) in [6.07, 6.45) is -0.0617. The summed E-state index contributed by atoms with van der Waals surface area (Å²) in [6.45, 7) is 4.72. The fourth-order valence-electron chi connectivity index (χ4n) is 1.69. The summed E-state index contributed by atoms with van der Waals surface area (Å²) in [7, 11) is 1.55. The van der Waals surface area contributed by atoms with Gasteiger partial charge in [0.25, 0.3) is 0 Å². The van der Waals surface area contributed by atoms with Crippen LogP contribution in [0.5, 0.6) is 5.75 Å². The highest BCUT2D eigenvalue weighted by atomic mass is 35.5. The van der Waals surface area contributed by atoms with E-state index >= 15 is 0 Å². The van der Waals surface area contributed by atoms with Gasteiger partial charge in [-0.25, -0.2) is 0 Å². The van der Waals surface area contributed by atoms with Gasteiger partial charge in [-0.3, -0.25) is 4.79 Å². The average molecular weight is 317 g/mol. The first kappa shape index (κ1) is 19.7. The summed E-state index contributed by atoms with van der Waals surface area (Å²) < 4.78 is 10.8. The number of aryl methyl sites for hydroxylation is 1. The Bertz CT molecular complexity index is 408. The number of methoxy groups -OCH3 is 1. The lowest BCUT2D eigenvalue weighted by Crippen LogP contribution is -2.37. The molecule has 0 spiro atoms. The molecule has 3 N–H and O–H groups in total. The zero-order valence-corrected chi connectivity index (χ0v) is 13.6. The number of benzene rings is 1. The molecule has 0 bridgehead atoms. The quantitative estimate of drug-likeness (QED) is 0.765. The molecule has 5 nitrogen and oxygen atoms in total. The van der Waals surface area contributed by atoms with Crippen molar-refractivity contribution >= 4 is 18.3 Å². The molecule has 0 aliphatic rings. The molecule has 1 rings (SSSR count). The van der Waals surface area contributed by atoms with Gasteiger partial charge in [-0.15, -0.1) is 12.4 Å². The summed E-state index contributed by atoms with van der Waals surface area (Å²) in [5, 5.41) is 2.81. The van der Waals surface area contributed by atoms with Crippen molar-refractivity contribution in [2.45, 2.75) is 32.5 Å². The Morgan fingerprint density at radius 3 is 2.48 bits per heavy atom. The second-order valence-electron chi connectivity index (χ2n) is 4.84. The summed E-state index contributed by atoms with van der Waals surface area (Å²) in [5.74, 6) is 0.718. The molecule has 0 saturated carbocycles. The maximum Gasteiger partial charge on any atom is 0.222 e. The molecule has 0 radical (unpaired) electrons. The van der Waals surface area contributed by atoms with Gasteiger partial charge in [0.1, 0.15) is 11.9 Å². The molecule has 1 aromatic rings. The predicted octanol–water partition coefficient (Wildman–Crippen LogP) is 1.66.